The van der Waals surface area contributed by atoms with Gasteiger partial charge in [0.05, 0.1) is 0 Å². The molecular weight excluding hydrogens is 158 g/mol. The molecule has 0 heterocycles. The van der Waals surface area contributed by atoms with Gasteiger partial charge in [-0.3, -0.25) is 0 Å². The Hall–Kier alpha value is 0.270. The average Bonchev–Trinajstić information content (AvgIpc) is 2.03. The van der Waals surface area contributed by atoms with Crippen LogP contribution >= 0.6 is 11.8 Å². The minimum atomic E-state index is 0.345. The van der Waals surface area contributed by atoms with E-state index in [1.54, 1.807) is 0 Å². The normalized spacial score (nSPS) is 10.4. The fourth-order valence-electron chi connectivity index (χ4n) is 0.890. The minimum absolute atomic E-state index is 0.345. The first-order valence-electron chi connectivity index (χ1n) is 4.22. The molecule has 0 atom stereocenters. The summed E-state index contributed by atoms with van der Waals surface area (Å²) in [5.41, 5.74) is 0. The van der Waals surface area contributed by atoms with Crippen molar-refractivity contribution in [2.75, 3.05) is 25.3 Å². The molecule has 0 saturated carbocycles. The third-order valence-corrected chi connectivity index (χ3v) is 2.00. The molecule has 11 heavy (non-hydrogen) atoms. The van der Waals surface area contributed by atoms with Crippen molar-refractivity contribution in [1.82, 2.24) is 5.32 Å². The maximum absolute atomic E-state index is 8.49. The first-order chi connectivity index (χ1) is 5.41. The second-order valence-electron chi connectivity index (χ2n) is 2.57. The van der Waals surface area contributed by atoms with Crippen LogP contribution in [-0.2, 0) is 0 Å². The highest BCUT2D eigenvalue weighted by Crippen LogP contribution is 1.97. The molecule has 3 heteroatoms. The predicted octanol–water partition coefficient (Wildman–Crippen LogP) is 1.45. The van der Waals surface area contributed by atoms with Gasteiger partial charge >= 0.3 is 0 Å². The van der Waals surface area contributed by atoms with Crippen molar-refractivity contribution >= 4 is 11.8 Å². The molecule has 0 aliphatic carbocycles. The van der Waals surface area contributed by atoms with Gasteiger partial charge in [-0.05, 0) is 25.6 Å². The Morgan fingerprint density at radius 3 is 2.55 bits per heavy atom. The monoisotopic (exact) mass is 177 g/mol. The summed E-state index contributed by atoms with van der Waals surface area (Å²) in [5, 5.41) is 11.8. The van der Waals surface area contributed by atoms with Crippen molar-refractivity contribution in [3.8, 4) is 0 Å². The van der Waals surface area contributed by atoms with Crippen LogP contribution in [0.3, 0.4) is 0 Å². The Bertz CT molecular complexity index is 63.1. The first kappa shape index (κ1) is 11.3. The number of aliphatic hydroxyl groups excluding tert-OH is 1. The maximum Gasteiger partial charge on any atom is 0.0431 e. The number of hydrogen-bond acceptors (Lipinski definition) is 3. The molecule has 0 rings (SSSR count). The van der Waals surface area contributed by atoms with E-state index >= 15 is 0 Å². The van der Waals surface area contributed by atoms with Crippen LogP contribution in [0.4, 0.5) is 0 Å². The van der Waals surface area contributed by atoms with Crippen LogP contribution in [0.1, 0.15) is 25.7 Å². The fourth-order valence-corrected chi connectivity index (χ4v) is 1.24. The largest absolute Gasteiger partial charge is 0.396 e. The Morgan fingerprint density at radius 2 is 1.91 bits per heavy atom. The van der Waals surface area contributed by atoms with E-state index in [-0.39, 0.29) is 0 Å². The van der Waals surface area contributed by atoms with Crippen LogP contribution in [-0.4, -0.2) is 30.4 Å². The molecule has 0 aromatic heterocycles. The second kappa shape index (κ2) is 10.3. The highest BCUT2D eigenvalue weighted by molar-refractivity contribution is 7.98. The van der Waals surface area contributed by atoms with Crippen molar-refractivity contribution < 1.29 is 5.11 Å². The number of rotatable bonds is 8. The molecule has 2 N–H and O–H groups in total. The van der Waals surface area contributed by atoms with Crippen LogP contribution in [0, 0.1) is 0 Å². The topological polar surface area (TPSA) is 32.3 Å². The quantitative estimate of drug-likeness (QED) is 0.435. The van der Waals surface area contributed by atoms with Crippen LogP contribution in [0.5, 0.6) is 0 Å². The Morgan fingerprint density at radius 1 is 1.18 bits per heavy atom. The molecule has 68 valence electrons. The van der Waals surface area contributed by atoms with Crippen molar-refractivity contribution in [2.24, 2.45) is 0 Å². The van der Waals surface area contributed by atoms with Crippen molar-refractivity contribution in [3.63, 3.8) is 0 Å². The van der Waals surface area contributed by atoms with Gasteiger partial charge in [0.25, 0.3) is 0 Å². The van der Waals surface area contributed by atoms with E-state index < -0.39 is 0 Å². The fraction of sp³-hybridized carbons (Fsp3) is 1.00. The highest BCUT2D eigenvalue weighted by atomic mass is 32.2. The lowest BCUT2D eigenvalue weighted by Crippen LogP contribution is -2.13. The summed E-state index contributed by atoms with van der Waals surface area (Å²) in [4.78, 5) is 0. The third kappa shape index (κ3) is 10.3. The average molecular weight is 177 g/mol. The SMILES string of the molecule is CSCNCCCCCCO. The van der Waals surface area contributed by atoms with Gasteiger partial charge < -0.3 is 10.4 Å². The summed E-state index contributed by atoms with van der Waals surface area (Å²) in [7, 11) is 0. The predicted molar refractivity (Wildman–Crippen MR) is 51.9 cm³/mol. The van der Waals surface area contributed by atoms with Gasteiger partial charge in [-0.2, -0.15) is 0 Å². The number of thioether (sulfide) groups is 1. The summed E-state index contributed by atoms with van der Waals surface area (Å²) in [6.07, 6.45) is 6.70. The molecule has 0 aliphatic rings. The van der Waals surface area contributed by atoms with Crippen LogP contribution in [0.2, 0.25) is 0 Å². The number of hydrogen-bond donors (Lipinski definition) is 2. The van der Waals surface area contributed by atoms with Crippen molar-refractivity contribution in [1.29, 1.82) is 0 Å². The molecule has 0 amide bonds. The molecular formula is C8H19NOS. The minimum Gasteiger partial charge on any atom is -0.396 e. The Labute approximate surface area is 73.8 Å². The molecule has 0 aliphatic heterocycles. The smallest absolute Gasteiger partial charge is 0.0431 e. The lowest BCUT2D eigenvalue weighted by Gasteiger charge is -2.01. The zero-order valence-corrected chi connectivity index (χ0v) is 8.12. The van der Waals surface area contributed by atoms with Gasteiger partial charge in [-0.25, -0.2) is 0 Å². The Balaban J connectivity index is 2.69. The molecule has 0 fully saturated rings. The lowest BCUT2D eigenvalue weighted by atomic mass is 10.2. The molecule has 0 bridgehead atoms. The standard InChI is InChI=1S/C8H19NOS/c1-11-8-9-6-4-2-3-5-7-10/h9-10H,2-8H2,1H3. The summed E-state index contributed by atoms with van der Waals surface area (Å²) >= 11 is 1.82. The molecule has 0 spiro atoms. The summed E-state index contributed by atoms with van der Waals surface area (Å²) in [5.74, 6) is 1.06. The number of nitrogens with one attached hydrogen (secondary N) is 1. The summed E-state index contributed by atoms with van der Waals surface area (Å²) in [6.45, 7) is 1.46. The van der Waals surface area contributed by atoms with E-state index in [1.165, 1.54) is 12.8 Å². The first-order valence-corrected chi connectivity index (χ1v) is 5.61. The van der Waals surface area contributed by atoms with E-state index in [1.807, 2.05) is 11.8 Å². The molecule has 2 nitrogen and oxygen atoms in total. The van der Waals surface area contributed by atoms with Crippen LogP contribution in [0.15, 0.2) is 0 Å². The van der Waals surface area contributed by atoms with E-state index in [2.05, 4.69) is 11.6 Å². The van der Waals surface area contributed by atoms with Gasteiger partial charge in [0, 0.05) is 12.5 Å². The van der Waals surface area contributed by atoms with Crippen molar-refractivity contribution in [3.05, 3.63) is 0 Å². The number of aliphatic hydroxyl groups is 1. The zero-order valence-electron chi connectivity index (χ0n) is 7.31. The van der Waals surface area contributed by atoms with Crippen LogP contribution < -0.4 is 5.32 Å². The molecule has 0 aromatic carbocycles. The third-order valence-electron chi connectivity index (χ3n) is 1.51. The van der Waals surface area contributed by atoms with Gasteiger partial charge in [-0.15, -0.1) is 11.8 Å². The van der Waals surface area contributed by atoms with E-state index in [0.717, 1.165) is 25.3 Å². The molecule has 0 unspecified atom stereocenters. The van der Waals surface area contributed by atoms with Crippen LogP contribution in [0.25, 0.3) is 0 Å². The number of unbranched alkanes of at least 4 members (excludes halogenated alkanes) is 3. The van der Waals surface area contributed by atoms with Gasteiger partial charge in [0.15, 0.2) is 0 Å². The van der Waals surface area contributed by atoms with E-state index in [9.17, 15) is 0 Å². The van der Waals surface area contributed by atoms with Gasteiger partial charge in [0.2, 0.25) is 0 Å². The van der Waals surface area contributed by atoms with Gasteiger partial charge in [-0.1, -0.05) is 12.8 Å². The Kier molecular flexibility index (Phi) is 10.5. The maximum atomic E-state index is 8.49. The summed E-state index contributed by atoms with van der Waals surface area (Å²) in [6, 6.07) is 0. The second-order valence-corrected chi connectivity index (χ2v) is 3.44. The zero-order chi connectivity index (χ0) is 8.36. The molecule has 0 radical (unpaired) electrons. The summed E-state index contributed by atoms with van der Waals surface area (Å²) < 4.78 is 0. The highest BCUT2D eigenvalue weighted by Gasteiger charge is 1.88. The molecule has 0 saturated heterocycles. The molecule has 0 aromatic rings. The van der Waals surface area contributed by atoms with E-state index in [4.69, 9.17) is 5.11 Å². The lowest BCUT2D eigenvalue weighted by molar-refractivity contribution is 0.282. The van der Waals surface area contributed by atoms with E-state index in [0.29, 0.717) is 6.61 Å². The van der Waals surface area contributed by atoms with Crippen molar-refractivity contribution in [2.45, 2.75) is 25.7 Å². The van der Waals surface area contributed by atoms with Gasteiger partial charge in [0.1, 0.15) is 0 Å².